The molecule has 2 aromatic rings. The largest absolute Gasteiger partial charge is 0.493 e. The summed E-state index contributed by atoms with van der Waals surface area (Å²) in [6.45, 7) is 5.18. The van der Waals surface area contributed by atoms with E-state index in [9.17, 15) is 5.11 Å². The highest BCUT2D eigenvalue weighted by atomic mass is 16.5. The van der Waals surface area contributed by atoms with Crippen LogP contribution in [0.4, 0.5) is 0 Å². The first-order chi connectivity index (χ1) is 12.2. The molecular weight excluding hydrogens is 316 g/mol. The normalized spacial score (nSPS) is 12.0. The Morgan fingerprint density at radius 1 is 1.00 bits per heavy atom. The first kappa shape index (κ1) is 19.2. The summed E-state index contributed by atoms with van der Waals surface area (Å²) in [6, 6.07) is 16.0. The van der Waals surface area contributed by atoms with Gasteiger partial charge < -0.3 is 25.2 Å². The number of rotatable bonds is 11. The predicted molar refractivity (Wildman–Crippen MR) is 100 cm³/mol. The molecule has 0 spiro atoms. The van der Waals surface area contributed by atoms with Gasteiger partial charge in [0.05, 0.1) is 13.2 Å². The number of hydrogen-bond acceptors (Lipinski definition) is 5. The summed E-state index contributed by atoms with van der Waals surface area (Å²) in [5.41, 5.74) is 2.18. The van der Waals surface area contributed by atoms with E-state index in [1.165, 1.54) is 0 Å². The van der Waals surface area contributed by atoms with Gasteiger partial charge in [-0.3, -0.25) is 0 Å². The van der Waals surface area contributed by atoms with Gasteiger partial charge in [-0.2, -0.15) is 0 Å². The average molecular weight is 344 g/mol. The molecule has 0 saturated carbocycles. The van der Waals surface area contributed by atoms with Crippen molar-refractivity contribution in [2.75, 3.05) is 26.7 Å². The van der Waals surface area contributed by atoms with Gasteiger partial charge in [-0.05, 0) is 18.6 Å². The third kappa shape index (κ3) is 6.74. The molecule has 3 N–H and O–H groups in total. The molecule has 25 heavy (non-hydrogen) atoms. The number of aliphatic hydroxyl groups excluding tert-OH is 1. The van der Waals surface area contributed by atoms with Gasteiger partial charge in [-0.1, -0.05) is 42.5 Å². The number of aliphatic hydroxyl groups is 1. The molecule has 0 aromatic heterocycles. The van der Waals surface area contributed by atoms with Crippen molar-refractivity contribution < 1.29 is 14.6 Å². The molecule has 1 atom stereocenters. The lowest BCUT2D eigenvalue weighted by molar-refractivity contribution is 0.191. The number of benzene rings is 2. The summed E-state index contributed by atoms with van der Waals surface area (Å²) in [5.74, 6) is 1.51. The van der Waals surface area contributed by atoms with Crippen LogP contribution in [0.1, 0.15) is 18.1 Å². The van der Waals surface area contributed by atoms with E-state index in [1.54, 1.807) is 14.0 Å². The SMILES string of the molecule is COc1cccc(CNCCNC[C@@H](C)O)c1OCc1ccccc1. The van der Waals surface area contributed by atoms with E-state index in [2.05, 4.69) is 10.6 Å². The molecule has 0 bridgehead atoms. The summed E-state index contributed by atoms with van der Waals surface area (Å²) in [7, 11) is 1.65. The summed E-state index contributed by atoms with van der Waals surface area (Å²) in [6.07, 6.45) is -0.323. The highest BCUT2D eigenvalue weighted by Gasteiger charge is 2.10. The molecule has 0 aliphatic rings. The van der Waals surface area contributed by atoms with Crippen molar-refractivity contribution in [3.05, 3.63) is 59.7 Å². The number of hydrogen-bond donors (Lipinski definition) is 3. The molecule has 0 saturated heterocycles. The van der Waals surface area contributed by atoms with Crippen LogP contribution in [0, 0.1) is 0 Å². The Labute approximate surface area is 150 Å². The monoisotopic (exact) mass is 344 g/mol. The Bertz CT molecular complexity index is 618. The molecule has 5 nitrogen and oxygen atoms in total. The maximum Gasteiger partial charge on any atom is 0.166 e. The van der Waals surface area contributed by atoms with E-state index in [0.717, 1.165) is 35.7 Å². The van der Waals surface area contributed by atoms with Crippen molar-refractivity contribution in [3.63, 3.8) is 0 Å². The molecule has 2 rings (SSSR count). The van der Waals surface area contributed by atoms with E-state index in [0.29, 0.717) is 19.7 Å². The van der Waals surface area contributed by atoms with Crippen LogP contribution in [0.3, 0.4) is 0 Å². The fraction of sp³-hybridized carbons (Fsp3) is 0.400. The molecule has 2 aromatic carbocycles. The fourth-order valence-electron chi connectivity index (χ4n) is 2.47. The van der Waals surface area contributed by atoms with Gasteiger partial charge in [-0.15, -0.1) is 0 Å². The Hall–Kier alpha value is -2.08. The Balaban J connectivity index is 1.91. The van der Waals surface area contributed by atoms with Crippen LogP contribution in [0.15, 0.2) is 48.5 Å². The predicted octanol–water partition coefficient (Wildman–Crippen LogP) is 2.33. The first-order valence-electron chi connectivity index (χ1n) is 8.62. The Morgan fingerprint density at radius 2 is 1.76 bits per heavy atom. The van der Waals surface area contributed by atoms with Crippen LogP contribution in [0.25, 0.3) is 0 Å². The fourth-order valence-corrected chi connectivity index (χ4v) is 2.47. The van der Waals surface area contributed by atoms with Gasteiger partial charge in [0.25, 0.3) is 0 Å². The zero-order valence-corrected chi connectivity index (χ0v) is 15.0. The zero-order valence-electron chi connectivity index (χ0n) is 15.0. The summed E-state index contributed by atoms with van der Waals surface area (Å²) >= 11 is 0. The Kier molecular flexibility index (Phi) is 8.25. The molecule has 5 heteroatoms. The van der Waals surface area contributed by atoms with E-state index >= 15 is 0 Å². The average Bonchev–Trinajstić information content (AvgIpc) is 2.63. The van der Waals surface area contributed by atoms with Crippen LogP contribution in [-0.2, 0) is 13.2 Å². The smallest absolute Gasteiger partial charge is 0.166 e. The van der Waals surface area contributed by atoms with Gasteiger partial charge in [0.1, 0.15) is 6.61 Å². The second-order valence-electron chi connectivity index (χ2n) is 5.95. The quantitative estimate of drug-likeness (QED) is 0.546. The Morgan fingerprint density at radius 3 is 2.48 bits per heavy atom. The molecule has 0 aliphatic carbocycles. The van der Waals surface area contributed by atoms with Crippen molar-refractivity contribution in [2.24, 2.45) is 0 Å². The zero-order chi connectivity index (χ0) is 17.9. The van der Waals surface area contributed by atoms with Gasteiger partial charge >= 0.3 is 0 Å². The maximum absolute atomic E-state index is 9.22. The lowest BCUT2D eigenvalue weighted by Gasteiger charge is -2.16. The lowest BCUT2D eigenvalue weighted by atomic mass is 10.1. The van der Waals surface area contributed by atoms with Crippen LogP contribution >= 0.6 is 0 Å². The highest BCUT2D eigenvalue weighted by Crippen LogP contribution is 2.31. The van der Waals surface area contributed by atoms with Crippen LogP contribution < -0.4 is 20.1 Å². The molecule has 0 heterocycles. The molecular formula is C20H28N2O3. The van der Waals surface area contributed by atoms with Crippen molar-refractivity contribution in [3.8, 4) is 11.5 Å². The van der Waals surface area contributed by atoms with E-state index < -0.39 is 0 Å². The second kappa shape index (κ2) is 10.7. The van der Waals surface area contributed by atoms with E-state index in [4.69, 9.17) is 9.47 Å². The van der Waals surface area contributed by atoms with Crippen molar-refractivity contribution in [2.45, 2.75) is 26.2 Å². The number of para-hydroxylation sites is 1. The molecule has 136 valence electrons. The van der Waals surface area contributed by atoms with Crippen molar-refractivity contribution >= 4 is 0 Å². The van der Waals surface area contributed by atoms with Crippen molar-refractivity contribution in [1.29, 1.82) is 0 Å². The van der Waals surface area contributed by atoms with Gasteiger partial charge in [0, 0.05) is 31.7 Å². The summed E-state index contributed by atoms with van der Waals surface area (Å²) in [5, 5.41) is 15.8. The molecule has 0 aliphatic heterocycles. The standard InChI is InChI=1S/C20H28N2O3/c1-16(23)13-21-11-12-22-14-18-9-6-10-19(24-2)20(18)25-15-17-7-4-3-5-8-17/h3-10,16,21-23H,11-15H2,1-2H3/t16-/m1/s1. The lowest BCUT2D eigenvalue weighted by Crippen LogP contribution is -2.31. The molecule has 0 radical (unpaired) electrons. The maximum atomic E-state index is 9.22. The summed E-state index contributed by atoms with van der Waals surface area (Å²) in [4.78, 5) is 0. The minimum absolute atomic E-state index is 0.323. The molecule has 0 unspecified atom stereocenters. The topological polar surface area (TPSA) is 62.8 Å². The highest BCUT2D eigenvalue weighted by molar-refractivity contribution is 5.46. The summed E-state index contributed by atoms with van der Waals surface area (Å²) < 4.78 is 11.5. The van der Waals surface area contributed by atoms with Crippen LogP contribution in [-0.4, -0.2) is 38.0 Å². The molecule has 0 amide bonds. The van der Waals surface area contributed by atoms with Crippen molar-refractivity contribution in [1.82, 2.24) is 10.6 Å². The number of ether oxygens (including phenoxy) is 2. The van der Waals surface area contributed by atoms with E-state index in [1.807, 2.05) is 48.5 Å². The van der Waals surface area contributed by atoms with Gasteiger partial charge in [-0.25, -0.2) is 0 Å². The minimum atomic E-state index is -0.323. The second-order valence-corrected chi connectivity index (χ2v) is 5.95. The first-order valence-corrected chi connectivity index (χ1v) is 8.62. The van der Waals surface area contributed by atoms with E-state index in [-0.39, 0.29) is 6.10 Å². The third-order valence-corrected chi connectivity index (χ3v) is 3.74. The number of nitrogens with one attached hydrogen (secondary N) is 2. The van der Waals surface area contributed by atoms with Crippen LogP contribution in [0.2, 0.25) is 0 Å². The minimum Gasteiger partial charge on any atom is -0.493 e. The van der Waals surface area contributed by atoms with Gasteiger partial charge in [0.15, 0.2) is 11.5 Å². The van der Waals surface area contributed by atoms with Gasteiger partial charge in [0.2, 0.25) is 0 Å². The third-order valence-electron chi connectivity index (χ3n) is 3.74. The number of methoxy groups -OCH3 is 1. The molecule has 0 fully saturated rings. The van der Waals surface area contributed by atoms with Crippen LogP contribution in [0.5, 0.6) is 11.5 Å².